The van der Waals surface area contributed by atoms with Crippen molar-refractivity contribution in [3.8, 4) is 0 Å². The summed E-state index contributed by atoms with van der Waals surface area (Å²) in [7, 11) is 0. The number of hydrogen-bond acceptors (Lipinski definition) is 3. The van der Waals surface area contributed by atoms with Gasteiger partial charge in [0.15, 0.2) is 0 Å². The summed E-state index contributed by atoms with van der Waals surface area (Å²) in [5.41, 5.74) is 0. The van der Waals surface area contributed by atoms with Crippen LogP contribution in [0.15, 0.2) is 0 Å². The summed E-state index contributed by atoms with van der Waals surface area (Å²) in [6.45, 7) is 4.51. The first-order valence-electron chi connectivity index (χ1n) is 5.48. The number of hydrogen-bond donors (Lipinski definition) is 3. The first-order valence-corrected chi connectivity index (χ1v) is 5.48. The molecular weight excluding hydrogens is 226 g/mol. The van der Waals surface area contributed by atoms with Gasteiger partial charge in [-0.2, -0.15) is 0 Å². The SMILES string of the molecule is CC(=O)NC(C)CCC(C(=O)O)C(C)C(=O)O. The molecule has 0 aliphatic rings. The molecule has 0 heterocycles. The Balaban J connectivity index is 4.33. The van der Waals surface area contributed by atoms with Crippen molar-refractivity contribution in [3.63, 3.8) is 0 Å². The van der Waals surface area contributed by atoms with E-state index in [0.717, 1.165) is 0 Å². The highest BCUT2D eigenvalue weighted by Gasteiger charge is 2.29. The van der Waals surface area contributed by atoms with E-state index in [4.69, 9.17) is 10.2 Å². The quantitative estimate of drug-likeness (QED) is 0.613. The fraction of sp³-hybridized carbons (Fsp3) is 0.727. The van der Waals surface area contributed by atoms with Gasteiger partial charge in [0.1, 0.15) is 0 Å². The molecule has 0 saturated carbocycles. The molecule has 0 aliphatic carbocycles. The highest BCUT2D eigenvalue weighted by molar-refractivity contribution is 5.79. The second kappa shape index (κ2) is 6.88. The van der Waals surface area contributed by atoms with E-state index >= 15 is 0 Å². The normalized spacial score (nSPS) is 15.7. The van der Waals surface area contributed by atoms with Crippen LogP contribution in [0.25, 0.3) is 0 Å². The van der Waals surface area contributed by atoms with Gasteiger partial charge in [0.05, 0.1) is 11.8 Å². The van der Waals surface area contributed by atoms with Gasteiger partial charge < -0.3 is 15.5 Å². The number of aliphatic carboxylic acids is 2. The molecule has 17 heavy (non-hydrogen) atoms. The number of carbonyl (C=O) groups excluding carboxylic acids is 1. The van der Waals surface area contributed by atoms with Gasteiger partial charge in [-0.1, -0.05) is 6.92 Å². The Morgan fingerprint density at radius 2 is 1.59 bits per heavy atom. The lowest BCUT2D eigenvalue weighted by Crippen LogP contribution is -2.33. The van der Waals surface area contributed by atoms with Crippen LogP contribution < -0.4 is 5.32 Å². The van der Waals surface area contributed by atoms with E-state index in [1.54, 1.807) is 6.92 Å². The summed E-state index contributed by atoms with van der Waals surface area (Å²) in [5, 5.41) is 20.3. The van der Waals surface area contributed by atoms with Crippen molar-refractivity contribution in [3.05, 3.63) is 0 Å². The largest absolute Gasteiger partial charge is 0.481 e. The second-order valence-electron chi connectivity index (χ2n) is 4.25. The van der Waals surface area contributed by atoms with E-state index in [-0.39, 0.29) is 18.4 Å². The van der Waals surface area contributed by atoms with Crippen LogP contribution >= 0.6 is 0 Å². The first-order chi connectivity index (χ1) is 7.75. The van der Waals surface area contributed by atoms with Gasteiger partial charge >= 0.3 is 11.9 Å². The minimum atomic E-state index is -1.12. The van der Waals surface area contributed by atoms with Crippen LogP contribution in [0.4, 0.5) is 0 Å². The van der Waals surface area contributed by atoms with Crippen LogP contribution in [-0.4, -0.2) is 34.1 Å². The standard InChI is InChI=1S/C11H19NO5/c1-6(12-8(3)13)4-5-9(11(16)17)7(2)10(14)15/h6-7,9H,4-5H2,1-3H3,(H,12,13)(H,14,15)(H,16,17). The van der Waals surface area contributed by atoms with Gasteiger partial charge in [0, 0.05) is 13.0 Å². The molecular formula is C11H19NO5. The van der Waals surface area contributed by atoms with Crippen molar-refractivity contribution in [2.75, 3.05) is 0 Å². The lowest BCUT2D eigenvalue weighted by molar-refractivity contribution is -0.153. The third-order valence-corrected chi connectivity index (χ3v) is 2.67. The van der Waals surface area contributed by atoms with Gasteiger partial charge in [-0.3, -0.25) is 14.4 Å². The minimum Gasteiger partial charge on any atom is -0.481 e. The van der Waals surface area contributed by atoms with Crippen LogP contribution in [-0.2, 0) is 14.4 Å². The predicted octanol–water partition coefficient (Wildman–Crippen LogP) is 0.713. The van der Waals surface area contributed by atoms with E-state index in [1.165, 1.54) is 13.8 Å². The van der Waals surface area contributed by atoms with Gasteiger partial charge in [-0.05, 0) is 19.8 Å². The van der Waals surface area contributed by atoms with Crippen molar-refractivity contribution in [2.45, 2.75) is 39.7 Å². The van der Waals surface area contributed by atoms with Gasteiger partial charge in [-0.25, -0.2) is 0 Å². The smallest absolute Gasteiger partial charge is 0.307 e. The summed E-state index contributed by atoms with van der Waals surface area (Å²) in [6, 6.07) is -0.157. The highest BCUT2D eigenvalue weighted by Crippen LogP contribution is 2.19. The zero-order valence-electron chi connectivity index (χ0n) is 10.3. The Labute approximate surface area is 100 Å². The monoisotopic (exact) mass is 245 g/mol. The molecule has 0 rings (SSSR count). The van der Waals surface area contributed by atoms with Gasteiger partial charge in [0.2, 0.25) is 5.91 Å². The van der Waals surface area contributed by atoms with E-state index in [1.807, 2.05) is 0 Å². The van der Waals surface area contributed by atoms with E-state index in [9.17, 15) is 14.4 Å². The first kappa shape index (κ1) is 15.4. The molecule has 3 N–H and O–H groups in total. The van der Waals surface area contributed by atoms with Crippen molar-refractivity contribution < 1.29 is 24.6 Å². The third-order valence-electron chi connectivity index (χ3n) is 2.67. The molecule has 0 aliphatic heterocycles. The average Bonchev–Trinajstić information content (AvgIpc) is 2.15. The van der Waals surface area contributed by atoms with E-state index < -0.39 is 23.8 Å². The van der Waals surface area contributed by atoms with Crippen LogP contribution in [0, 0.1) is 11.8 Å². The number of carboxylic acids is 2. The number of amides is 1. The van der Waals surface area contributed by atoms with Crippen LogP contribution in [0.1, 0.15) is 33.6 Å². The summed E-state index contributed by atoms with van der Waals surface area (Å²) >= 11 is 0. The molecule has 1 amide bonds. The number of carboxylic acid groups (broad SMARTS) is 2. The molecule has 0 aromatic heterocycles. The zero-order valence-corrected chi connectivity index (χ0v) is 10.3. The van der Waals surface area contributed by atoms with Gasteiger partial charge in [-0.15, -0.1) is 0 Å². The molecule has 3 atom stereocenters. The molecule has 0 spiro atoms. The Bertz CT molecular complexity index is 302. The van der Waals surface area contributed by atoms with Crippen molar-refractivity contribution in [2.24, 2.45) is 11.8 Å². The lowest BCUT2D eigenvalue weighted by Gasteiger charge is -2.19. The topological polar surface area (TPSA) is 104 Å². The summed E-state index contributed by atoms with van der Waals surface area (Å²) in [4.78, 5) is 32.4. The molecule has 0 bridgehead atoms. The second-order valence-corrected chi connectivity index (χ2v) is 4.25. The summed E-state index contributed by atoms with van der Waals surface area (Å²) in [5.74, 6) is -4.28. The summed E-state index contributed by atoms with van der Waals surface area (Å²) < 4.78 is 0. The highest BCUT2D eigenvalue weighted by atomic mass is 16.4. The Hall–Kier alpha value is -1.59. The number of rotatable bonds is 7. The predicted molar refractivity (Wildman–Crippen MR) is 60.4 cm³/mol. The Morgan fingerprint density at radius 3 is 1.94 bits per heavy atom. The Kier molecular flexibility index (Phi) is 6.23. The van der Waals surface area contributed by atoms with Crippen molar-refractivity contribution in [1.29, 1.82) is 0 Å². The maximum Gasteiger partial charge on any atom is 0.307 e. The molecule has 98 valence electrons. The molecule has 6 heteroatoms. The molecule has 0 aromatic rings. The van der Waals surface area contributed by atoms with Crippen LogP contribution in [0.3, 0.4) is 0 Å². The van der Waals surface area contributed by atoms with Crippen LogP contribution in [0.5, 0.6) is 0 Å². The van der Waals surface area contributed by atoms with E-state index in [0.29, 0.717) is 6.42 Å². The lowest BCUT2D eigenvalue weighted by atomic mass is 9.88. The molecule has 0 fully saturated rings. The Morgan fingerprint density at radius 1 is 1.06 bits per heavy atom. The maximum absolute atomic E-state index is 10.9. The fourth-order valence-electron chi connectivity index (χ4n) is 1.61. The molecule has 0 saturated heterocycles. The number of carbonyl (C=O) groups is 3. The maximum atomic E-state index is 10.9. The molecule has 0 radical (unpaired) electrons. The minimum absolute atomic E-state index is 0.157. The van der Waals surface area contributed by atoms with Crippen molar-refractivity contribution in [1.82, 2.24) is 5.32 Å². The fourth-order valence-corrected chi connectivity index (χ4v) is 1.61. The van der Waals surface area contributed by atoms with Crippen molar-refractivity contribution >= 4 is 17.8 Å². The van der Waals surface area contributed by atoms with Crippen LogP contribution in [0.2, 0.25) is 0 Å². The third kappa shape index (κ3) is 5.89. The van der Waals surface area contributed by atoms with E-state index in [2.05, 4.69) is 5.32 Å². The number of nitrogens with one attached hydrogen (secondary N) is 1. The van der Waals surface area contributed by atoms with Gasteiger partial charge in [0.25, 0.3) is 0 Å². The zero-order chi connectivity index (χ0) is 13.6. The molecule has 3 unspecified atom stereocenters. The summed E-state index contributed by atoms with van der Waals surface area (Å²) in [6.07, 6.45) is 0.665. The average molecular weight is 245 g/mol. The molecule has 6 nitrogen and oxygen atoms in total. The molecule has 0 aromatic carbocycles.